The summed E-state index contributed by atoms with van der Waals surface area (Å²) in [5.41, 5.74) is 3.73. The number of aromatic amines is 2. The lowest BCUT2D eigenvalue weighted by molar-refractivity contribution is -0.136. The van der Waals surface area contributed by atoms with Crippen LogP contribution in [0.2, 0.25) is 0 Å². The topological polar surface area (TPSA) is 85.9 Å². The van der Waals surface area contributed by atoms with E-state index in [1.54, 1.807) is 13.1 Å². The van der Waals surface area contributed by atoms with Crippen LogP contribution in [0, 0.1) is 0 Å². The average molecular weight is 334 g/mol. The maximum absolute atomic E-state index is 11.9. The van der Waals surface area contributed by atoms with Gasteiger partial charge in [0.2, 0.25) is 0 Å². The molecule has 0 atom stereocenters. The van der Waals surface area contributed by atoms with Gasteiger partial charge in [-0.3, -0.25) is 9.59 Å². The number of carboxylic acid groups (broad SMARTS) is 1. The predicted octanol–water partition coefficient (Wildman–Crippen LogP) is 4.16. The van der Waals surface area contributed by atoms with E-state index < -0.39 is 5.97 Å². The number of benzene rings is 2. The summed E-state index contributed by atoms with van der Waals surface area (Å²) in [5.74, 6) is -0.745. The maximum atomic E-state index is 11.9. The molecule has 0 saturated carbocycles. The Bertz CT molecular complexity index is 1080. The quantitative estimate of drug-likeness (QED) is 0.514. The summed E-state index contributed by atoms with van der Waals surface area (Å²) in [6, 6.07) is 18.3. The molecule has 126 valence electrons. The second-order valence-corrected chi connectivity index (χ2v) is 5.59. The van der Waals surface area contributed by atoms with Gasteiger partial charge in [0, 0.05) is 28.9 Å². The molecule has 0 aliphatic carbocycles. The van der Waals surface area contributed by atoms with Gasteiger partial charge < -0.3 is 15.1 Å². The fourth-order valence-electron chi connectivity index (χ4n) is 2.65. The van der Waals surface area contributed by atoms with Gasteiger partial charge in [0.15, 0.2) is 0 Å². The molecule has 4 aromatic rings. The number of rotatable bonds is 2. The molecule has 3 N–H and O–H groups in total. The fraction of sp³-hybridized carbons (Fsp3) is 0.100. The van der Waals surface area contributed by atoms with Gasteiger partial charge >= 0.3 is 5.97 Å². The average Bonchev–Trinajstić information content (AvgIpc) is 3.14. The Balaban J connectivity index is 0.000000324. The van der Waals surface area contributed by atoms with Crippen molar-refractivity contribution >= 4 is 27.8 Å². The predicted molar refractivity (Wildman–Crippen MR) is 99.8 cm³/mol. The Morgan fingerprint density at radius 1 is 1.00 bits per heavy atom. The number of hydrogen-bond acceptors (Lipinski definition) is 2. The summed E-state index contributed by atoms with van der Waals surface area (Å²) in [6.45, 7) is 1.60. The van der Waals surface area contributed by atoms with Crippen LogP contribution >= 0.6 is 0 Å². The van der Waals surface area contributed by atoms with Gasteiger partial charge in [0.05, 0.1) is 0 Å². The Kier molecular flexibility index (Phi) is 4.66. The molecule has 4 rings (SSSR count). The summed E-state index contributed by atoms with van der Waals surface area (Å²) in [5, 5.41) is 9.74. The highest BCUT2D eigenvalue weighted by atomic mass is 16.4. The number of H-pyrrole nitrogens is 2. The van der Waals surface area contributed by atoms with E-state index in [-0.39, 0.29) is 12.0 Å². The minimum absolute atomic E-state index is 0.0787. The van der Waals surface area contributed by atoms with Crippen molar-refractivity contribution in [3.63, 3.8) is 0 Å². The third-order valence-corrected chi connectivity index (χ3v) is 3.94. The lowest BCUT2D eigenvalue weighted by atomic mass is 10.0. The van der Waals surface area contributed by atoms with E-state index >= 15 is 0 Å². The Labute approximate surface area is 143 Å². The van der Waals surface area contributed by atoms with Crippen LogP contribution in [0.4, 0.5) is 0 Å². The van der Waals surface area contributed by atoms with E-state index in [1.807, 2.05) is 36.4 Å². The summed E-state index contributed by atoms with van der Waals surface area (Å²) in [6.07, 6.45) is 2.02. The van der Waals surface area contributed by atoms with Gasteiger partial charge in [-0.05, 0) is 29.3 Å². The number of carbonyl (C=O) groups is 1. The van der Waals surface area contributed by atoms with Crippen LogP contribution in [-0.2, 0) is 4.79 Å². The number of carboxylic acids is 1. The summed E-state index contributed by atoms with van der Waals surface area (Å²) in [4.78, 5) is 27.2. The maximum Gasteiger partial charge on any atom is 0.303 e. The molecule has 0 amide bonds. The van der Waals surface area contributed by atoms with E-state index in [4.69, 9.17) is 5.11 Å². The van der Waals surface area contributed by atoms with Gasteiger partial charge in [-0.15, -0.1) is 0 Å². The van der Waals surface area contributed by atoms with Crippen molar-refractivity contribution in [2.75, 3.05) is 0 Å². The van der Waals surface area contributed by atoms with Crippen molar-refractivity contribution in [2.45, 2.75) is 13.3 Å². The number of aromatic nitrogens is 2. The molecule has 0 unspecified atom stereocenters. The van der Waals surface area contributed by atoms with Gasteiger partial charge in [-0.1, -0.05) is 43.3 Å². The molecule has 0 radical (unpaired) electrons. The van der Waals surface area contributed by atoms with E-state index in [2.05, 4.69) is 28.2 Å². The Morgan fingerprint density at radius 2 is 1.72 bits per heavy atom. The number of nitrogens with one attached hydrogen (secondary N) is 2. The summed E-state index contributed by atoms with van der Waals surface area (Å²) >= 11 is 0. The number of aliphatic carboxylic acids is 1. The van der Waals surface area contributed by atoms with Crippen molar-refractivity contribution in [1.29, 1.82) is 0 Å². The molecular weight excluding hydrogens is 316 g/mol. The Morgan fingerprint density at radius 3 is 2.40 bits per heavy atom. The first-order valence-corrected chi connectivity index (χ1v) is 8.00. The van der Waals surface area contributed by atoms with Gasteiger partial charge in [0.25, 0.3) is 5.56 Å². The smallest absolute Gasteiger partial charge is 0.303 e. The first-order valence-electron chi connectivity index (χ1n) is 8.00. The first kappa shape index (κ1) is 16.5. The standard InChI is InChI=1S/C17H12N2O.C3H6O2/c20-17-16-13(8-9-18-16)14-10-12(6-7-15(14)19-17)11-4-2-1-3-5-11;1-2-3(4)5/h1-10,18H,(H,19,20);2H2,1H3,(H,4,5). The molecule has 0 saturated heterocycles. The third kappa shape index (κ3) is 3.45. The normalized spacial score (nSPS) is 10.4. The van der Waals surface area contributed by atoms with E-state index in [0.29, 0.717) is 5.52 Å². The molecule has 0 aliphatic heterocycles. The molecule has 0 bridgehead atoms. The van der Waals surface area contributed by atoms with Crippen molar-refractivity contribution in [1.82, 2.24) is 9.97 Å². The summed E-state index contributed by atoms with van der Waals surface area (Å²) < 4.78 is 0. The van der Waals surface area contributed by atoms with Gasteiger partial charge in [0.1, 0.15) is 5.52 Å². The lowest BCUT2D eigenvalue weighted by Gasteiger charge is -2.05. The molecule has 25 heavy (non-hydrogen) atoms. The molecule has 2 aromatic heterocycles. The van der Waals surface area contributed by atoms with Gasteiger partial charge in [-0.25, -0.2) is 0 Å². The molecule has 2 aromatic carbocycles. The highest BCUT2D eigenvalue weighted by Gasteiger charge is 2.07. The molecule has 0 fully saturated rings. The minimum atomic E-state index is -0.745. The highest BCUT2D eigenvalue weighted by Crippen LogP contribution is 2.26. The van der Waals surface area contributed by atoms with Crippen molar-refractivity contribution in [2.24, 2.45) is 0 Å². The number of hydrogen-bond donors (Lipinski definition) is 3. The van der Waals surface area contributed by atoms with Crippen LogP contribution in [0.25, 0.3) is 32.9 Å². The van der Waals surface area contributed by atoms with E-state index in [1.165, 1.54) is 5.56 Å². The molecule has 0 aliphatic rings. The zero-order valence-corrected chi connectivity index (χ0v) is 13.7. The second-order valence-electron chi connectivity index (χ2n) is 5.59. The van der Waals surface area contributed by atoms with Crippen molar-refractivity contribution in [3.05, 3.63) is 71.1 Å². The highest BCUT2D eigenvalue weighted by molar-refractivity contribution is 6.05. The largest absolute Gasteiger partial charge is 0.481 e. The second kappa shape index (κ2) is 7.05. The SMILES string of the molecule is CCC(=O)O.O=c1[nH]c2ccc(-c3ccccc3)cc2c2cc[nH]c12. The zero-order valence-electron chi connectivity index (χ0n) is 13.7. The van der Waals surface area contributed by atoms with Gasteiger partial charge in [-0.2, -0.15) is 0 Å². The van der Waals surface area contributed by atoms with Crippen LogP contribution in [0.15, 0.2) is 65.6 Å². The molecule has 0 spiro atoms. The van der Waals surface area contributed by atoms with Crippen LogP contribution in [0.3, 0.4) is 0 Å². The monoisotopic (exact) mass is 334 g/mol. The molecular formula is C20H18N2O3. The van der Waals surface area contributed by atoms with Crippen LogP contribution < -0.4 is 5.56 Å². The fourth-order valence-corrected chi connectivity index (χ4v) is 2.65. The van der Waals surface area contributed by atoms with Crippen molar-refractivity contribution in [3.8, 4) is 11.1 Å². The number of pyridine rings is 1. The van der Waals surface area contributed by atoms with Crippen molar-refractivity contribution < 1.29 is 9.90 Å². The Hall–Kier alpha value is -3.34. The zero-order chi connectivity index (χ0) is 17.8. The summed E-state index contributed by atoms with van der Waals surface area (Å²) in [7, 11) is 0. The molecule has 5 heteroatoms. The minimum Gasteiger partial charge on any atom is -0.481 e. The van der Waals surface area contributed by atoms with Crippen LogP contribution in [-0.4, -0.2) is 21.0 Å². The van der Waals surface area contributed by atoms with Crippen LogP contribution in [0.1, 0.15) is 13.3 Å². The molecule has 2 heterocycles. The van der Waals surface area contributed by atoms with E-state index in [0.717, 1.165) is 21.9 Å². The van der Waals surface area contributed by atoms with Crippen LogP contribution in [0.5, 0.6) is 0 Å². The number of fused-ring (bicyclic) bond motifs is 3. The first-order chi connectivity index (χ1) is 12.1. The van der Waals surface area contributed by atoms with E-state index in [9.17, 15) is 9.59 Å². The molecule has 5 nitrogen and oxygen atoms in total. The lowest BCUT2D eigenvalue weighted by Crippen LogP contribution is -2.05. The third-order valence-electron chi connectivity index (χ3n) is 3.94.